The molecule has 0 N–H and O–H groups in total. The van der Waals surface area contributed by atoms with Crippen LogP contribution in [0.25, 0.3) is 22.6 Å². The summed E-state index contributed by atoms with van der Waals surface area (Å²) in [6.07, 6.45) is 8.71. The first-order chi connectivity index (χ1) is 11.8. The molecular formula is C15H18Br2N4O2W-2. The second-order valence-corrected chi connectivity index (χ2v) is 17.1. The summed E-state index contributed by atoms with van der Waals surface area (Å²) >= 11 is 6.33. The van der Waals surface area contributed by atoms with Crippen molar-refractivity contribution in [2.45, 2.75) is 32.6 Å². The van der Waals surface area contributed by atoms with E-state index in [2.05, 4.69) is 55.6 Å². The maximum atomic E-state index is 7.25. The van der Waals surface area contributed by atoms with Gasteiger partial charge in [-0.15, -0.1) is 0 Å². The van der Waals surface area contributed by atoms with Gasteiger partial charge < -0.3 is 21.0 Å². The predicted molar refractivity (Wildman–Crippen MR) is 102 cm³/mol. The number of unbranched alkanes of at least 4 members (excludes halogenated alkanes) is 2. The SMILES string of the molecule is CCCCCc1ccc(-c2ccccn2)nc1.[Br][W][Br].[N-]=O.[N-]=O. The van der Waals surface area contributed by atoms with Crippen molar-refractivity contribution in [2.24, 2.45) is 0 Å². The molecule has 0 unspecified atom stereocenters. The molecule has 2 aromatic rings. The zero-order chi connectivity index (χ0) is 18.6. The Hall–Kier alpha value is -0.852. The molecule has 0 atom stereocenters. The summed E-state index contributed by atoms with van der Waals surface area (Å²) in [5.74, 6) is 0. The molecule has 0 amide bonds. The van der Waals surface area contributed by atoms with Crippen LogP contribution in [0.3, 0.4) is 0 Å². The van der Waals surface area contributed by atoms with Crippen LogP contribution >= 0.6 is 26.6 Å². The molecular weight excluding hydrogens is 612 g/mol. The van der Waals surface area contributed by atoms with Gasteiger partial charge in [-0.1, -0.05) is 31.9 Å². The van der Waals surface area contributed by atoms with Crippen LogP contribution in [0.4, 0.5) is 0 Å². The van der Waals surface area contributed by atoms with E-state index in [4.69, 9.17) is 21.0 Å². The third kappa shape index (κ3) is 12.6. The summed E-state index contributed by atoms with van der Waals surface area (Å²) in [6, 6.07) is 10.1. The minimum atomic E-state index is -0.125. The average Bonchev–Trinajstić information content (AvgIpc) is 2.67. The largest absolute Gasteiger partial charge is 0.577 e. The van der Waals surface area contributed by atoms with Gasteiger partial charge in [-0.05, 0) is 36.6 Å². The molecule has 2 aromatic heterocycles. The Balaban J connectivity index is 0. The van der Waals surface area contributed by atoms with Gasteiger partial charge >= 0.3 is 41.0 Å². The molecule has 0 bridgehead atoms. The van der Waals surface area contributed by atoms with Crippen LogP contribution in [0.2, 0.25) is 0 Å². The predicted octanol–water partition coefficient (Wildman–Crippen LogP) is 6.21. The summed E-state index contributed by atoms with van der Waals surface area (Å²) in [6.45, 7) is 2.22. The van der Waals surface area contributed by atoms with Crippen LogP contribution in [0.15, 0.2) is 42.7 Å². The van der Waals surface area contributed by atoms with Gasteiger partial charge in [-0.25, -0.2) is 0 Å². The maximum absolute atomic E-state index is 7.25. The molecule has 9 heteroatoms. The van der Waals surface area contributed by atoms with Gasteiger partial charge in [0.2, 0.25) is 0 Å². The molecule has 0 radical (unpaired) electrons. The van der Waals surface area contributed by atoms with Gasteiger partial charge in [0.1, 0.15) is 0 Å². The number of rotatable bonds is 5. The number of halogens is 2. The van der Waals surface area contributed by atoms with Gasteiger partial charge in [0.25, 0.3) is 0 Å². The average molecular weight is 630 g/mol. The zero-order valence-electron chi connectivity index (χ0n) is 13.1. The van der Waals surface area contributed by atoms with Crippen molar-refractivity contribution in [3.8, 4) is 11.4 Å². The maximum Gasteiger partial charge on any atom is -0.423 e. The molecule has 0 fully saturated rings. The summed E-state index contributed by atoms with van der Waals surface area (Å²) in [7, 11) is 0. The Labute approximate surface area is 163 Å². The Morgan fingerprint density at radius 2 is 1.58 bits per heavy atom. The molecule has 0 saturated carbocycles. The molecule has 0 saturated heterocycles. The van der Waals surface area contributed by atoms with Crippen molar-refractivity contribution in [3.05, 3.63) is 69.3 Å². The van der Waals surface area contributed by atoms with E-state index in [0.717, 1.165) is 17.8 Å². The molecule has 132 valence electrons. The molecule has 24 heavy (non-hydrogen) atoms. The number of nitroso groups, excluding NO2 is 2. The first kappa shape index (κ1) is 25.4. The number of aryl methyl sites for hydroxylation is 1. The fraction of sp³-hybridized carbons (Fsp3) is 0.333. The molecule has 0 spiro atoms. The second kappa shape index (κ2) is 20.2. The summed E-state index contributed by atoms with van der Waals surface area (Å²) in [4.78, 5) is 23.3. The molecule has 0 aliphatic rings. The molecule has 0 aliphatic carbocycles. The zero-order valence-corrected chi connectivity index (χ0v) is 19.2. The van der Waals surface area contributed by atoms with Crippen LogP contribution in [0.1, 0.15) is 31.7 Å². The fourth-order valence-corrected chi connectivity index (χ4v) is 1.82. The minimum Gasteiger partial charge on any atom is -0.577 e. The van der Waals surface area contributed by atoms with Crippen LogP contribution in [-0.4, -0.2) is 9.97 Å². The first-order valence-electron chi connectivity index (χ1n) is 6.94. The molecule has 6 nitrogen and oxygen atoms in total. The Morgan fingerprint density at radius 1 is 0.958 bits per heavy atom. The number of pyridine rings is 2. The van der Waals surface area contributed by atoms with E-state index in [1.165, 1.54) is 24.8 Å². The number of nitrogens with zero attached hydrogens (tertiary/aromatic N) is 4. The Kier molecular flexibility index (Phi) is 21.4. The monoisotopic (exact) mass is 628 g/mol. The summed E-state index contributed by atoms with van der Waals surface area (Å²) in [5.41, 5.74) is 14.7. The molecule has 2 heterocycles. The van der Waals surface area contributed by atoms with E-state index in [-0.39, 0.29) is 14.5 Å². The summed E-state index contributed by atoms with van der Waals surface area (Å²) < 4.78 is 0. The van der Waals surface area contributed by atoms with Gasteiger partial charge in [0, 0.05) is 12.4 Å². The third-order valence-electron chi connectivity index (χ3n) is 2.82. The van der Waals surface area contributed by atoms with E-state index in [9.17, 15) is 0 Å². The van der Waals surface area contributed by atoms with Crippen molar-refractivity contribution in [3.63, 3.8) is 0 Å². The van der Waals surface area contributed by atoms with Crippen molar-refractivity contribution in [2.75, 3.05) is 0 Å². The van der Waals surface area contributed by atoms with Crippen molar-refractivity contribution >= 4 is 26.6 Å². The third-order valence-corrected chi connectivity index (χ3v) is 2.82. The smallest absolute Gasteiger partial charge is 0.423 e. The van der Waals surface area contributed by atoms with Gasteiger partial charge in [0.05, 0.1) is 11.4 Å². The van der Waals surface area contributed by atoms with Crippen molar-refractivity contribution in [1.82, 2.24) is 9.97 Å². The van der Waals surface area contributed by atoms with Gasteiger partial charge in [0.15, 0.2) is 0 Å². The van der Waals surface area contributed by atoms with Crippen LogP contribution < -0.4 is 0 Å². The van der Waals surface area contributed by atoms with E-state index in [1.54, 1.807) is 6.20 Å². The quantitative estimate of drug-likeness (QED) is 0.367. The number of aromatic nitrogens is 2. The minimum absolute atomic E-state index is 0.125. The molecule has 0 aromatic carbocycles. The van der Waals surface area contributed by atoms with Gasteiger partial charge in [-0.2, -0.15) is 0 Å². The topological polar surface area (TPSA) is 105 Å². The van der Waals surface area contributed by atoms with Crippen LogP contribution in [0, 0.1) is 9.81 Å². The van der Waals surface area contributed by atoms with Crippen LogP contribution in [0.5, 0.6) is 0 Å². The summed E-state index contributed by atoms with van der Waals surface area (Å²) in [5, 5.41) is 0. The molecule has 0 aliphatic heterocycles. The van der Waals surface area contributed by atoms with Gasteiger partial charge in [-0.3, -0.25) is 9.97 Å². The van der Waals surface area contributed by atoms with Crippen molar-refractivity contribution in [1.29, 1.82) is 0 Å². The van der Waals surface area contributed by atoms with Crippen molar-refractivity contribution < 1.29 is 14.5 Å². The van der Waals surface area contributed by atoms with E-state index in [1.807, 2.05) is 24.4 Å². The Morgan fingerprint density at radius 3 is 2.04 bits per heavy atom. The van der Waals surface area contributed by atoms with Crippen LogP contribution in [-0.2, 0) is 20.9 Å². The first-order valence-corrected chi connectivity index (χ1v) is 19.8. The second-order valence-electron chi connectivity index (χ2n) is 4.28. The standard InChI is InChI=1S/C15H18N2.2BrH.2NO.W/c1-2-3-4-7-13-9-10-15(17-12-13)14-8-5-6-11-16-14;;;2*1-2;/h5-6,8-12H,2-4,7H2,1H3;2*1H;;;/q;;;2*-1;+2/p-2. The normalized spacial score (nSPS) is 8.46. The molecule has 2 rings (SSSR count). The van der Waals surface area contributed by atoms with E-state index in [0.29, 0.717) is 0 Å². The number of hydrogen-bond donors (Lipinski definition) is 0. The van der Waals surface area contributed by atoms with E-state index < -0.39 is 0 Å². The fourth-order valence-electron chi connectivity index (χ4n) is 1.82. The number of hydrogen-bond acceptors (Lipinski definition) is 4. The Bertz CT molecular complexity index is 505. The van der Waals surface area contributed by atoms with E-state index >= 15 is 0 Å².